The van der Waals surface area contributed by atoms with Crippen molar-refractivity contribution in [1.82, 2.24) is 0 Å². The lowest BCUT2D eigenvalue weighted by Crippen LogP contribution is -2.11. The Morgan fingerprint density at radius 1 is 1.37 bits per heavy atom. The maximum atomic E-state index is 13.5. The molecule has 0 fully saturated rings. The Bertz CT molecular complexity index is 452. The smallest absolute Gasteiger partial charge is 0.387 e. The minimum atomic E-state index is -3.09. The molecule has 0 saturated heterocycles. The largest absolute Gasteiger partial charge is 0.466 e. The highest BCUT2D eigenvalue weighted by Crippen LogP contribution is 2.26. The predicted octanol–water partition coefficient (Wildman–Crippen LogP) is 3.43. The number of halogens is 4. The fraction of sp³-hybridized carbons (Fsp3) is 0.417. The molecule has 3 nitrogen and oxygen atoms in total. The summed E-state index contributed by atoms with van der Waals surface area (Å²) in [4.78, 5) is 11.4. The quantitative estimate of drug-likeness (QED) is 0.588. The van der Waals surface area contributed by atoms with Gasteiger partial charge in [-0.05, 0) is 18.6 Å². The molecule has 0 aliphatic carbocycles. The minimum Gasteiger partial charge on any atom is -0.466 e. The topological polar surface area (TPSA) is 35.5 Å². The average molecular weight is 341 g/mol. The molecule has 0 atom stereocenters. The molecule has 0 bridgehead atoms. The van der Waals surface area contributed by atoms with Crippen LogP contribution in [-0.4, -0.2) is 19.2 Å². The molecule has 0 aliphatic heterocycles. The Morgan fingerprint density at radius 3 is 2.58 bits per heavy atom. The van der Waals surface area contributed by atoms with Crippen LogP contribution in [0.5, 0.6) is 5.75 Å². The van der Waals surface area contributed by atoms with Crippen molar-refractivity contribution in [2.75, 3.05) is 6.61 Å². The van der Waals surface area contributed by atoms with Crippen LogP contribution in [-0.2, 0) is 21.3 Å². The van der Waals surface area contributed by atoms with Crippen molar-refractivity contribution >= 4 is 21.9 Å². The van der Waals surface area contributed by atoms with E-state index in [1.807, 2.05) is 0 Å². The molecule has 1 aromatic rings. The summed E-state index contributed by atoms with van der Waals surface area (Å²) in [6.07, 6.45) is -0.254. The summed E-state index contributed by atoms with van der Waals surface area (Å²) in [7, 11) is 0. The van der Waals surface area contributed by atoms with Crippen LogP contribution in [0.4, 0.5) is 13.2 Å². The molecule has 0 aromatic heterocycles. The normalized spacial score (nSPS) is 10.6. The van der Waals surface area contributed by atoms with Gasteiger partial charge in [-0.15, -0.1) is 0 Å². The Labute approximate surface area is 116 Å². The predicted molar refractivity (Wildman–Crippen MR) is 66.0 cm³/mol. The average Bonchev–Trinajstić information content (AvgIpc) is 2.32. The van der Waals surface area contributed by atoms with E-state index in [-0.39, 0.29) is 35.2 Å². The van der Waals surface area contributed by atoms with E-state index in [1.165, 1.54) is 6.07 Å². The lowest BCUT2D eigenvalue weighted by Gasteiger charge is -2.12. The molecule has 19 heavy (non-hydrogen) atoms. The van der Waals surface area contributed by atoms with Gasteiger partial charge in [-0.2, -0.15) is 8.78 Å². The van der Waals surface area contributed by atoms with Crippen molar-refractivity contribution in [3.8, 4) is 5.75 Å². The van der Waals surface area contributed by atoms with Crippen LogP contribution < -0.4 is 4.74 Å². The summed E-state index contributed by atoms with van der Waals surface area (Å²) in [5.41, 5.74) is 0.413. The first-order valence-corrected chi connectivity index (χ1v) is 6.57. The molecule has 1 aromatic carbocycles. The molecular formula is C12H12BrF3O3. The van der Waals surface area contributed by atoms with E-state index >= 15 is 0 Å². The molecule has 1 rings (SSSR count). The Hall–Kier alpha value is -1.24. The third-order valence-corrected chi connectivity index (χ3v) is 2.83. The summed E-state index contributed by atoms with van der Waals surface area (Å²) in [5.74, 6) is -1.63. The maximum absolute atomic E-state index is 13.5. The van der Waals surface area contributed by atoms with Crippen LogP contribution in [0.2, 0.25) is 0 Å². The van der Waals surface area contributed by atoms with Crippen LogP contribution in [0.1, 0.15) is 18.1 Å². The summed E-state index contributed by atoms with van der Waals surface area (Å²) < 4.78 is 46.9. The van der Waals surface area contributed by atoms with Gasteiger partial charge < -0.3 is 9.47 Å². The molecule has 0 heterocycles. The molecule has 0 spiro atoms. The fourth-order valence-corrected chi connectivity index (χ4v) is 1.89. The summed E-state index contributed by atoms with van der Waals surface area (Å²) >= 11 is 3.07. The molecule has 0 unspecified atom stereocenters. The Balaban J connectivity index is 3.06. The molecular weight excluding hydrogens is 329 g/mol. The Kier molecular flexibility index (Phi) is 6.14. The van der Waals surface area contributed by atoms with Crippen LogP contribution in [0, 0.1) is 5.82 Å². The van der Waals surface area contributed by atoms with Crippen LogP contribution in [0.25, 0.3) is 0 Å². The van der Waals surface area contributed by atoms with E-state index < -0.39 is 18.4 Å². The van der Waals surface area contributed by atoms with Gasteiger partial charge in [0.25, 0.3) is 0 Å². The van der Waals surface area contributed by atoms with Crippen molar-refractivity contribution in [3.05, 3.63) is 29.1 Å². The number of benzene rings is 1. The van der Waals surface area contributed by atoms with E-state index in [0.717, 1.165) is 6.07 Å². The van der Waals surface area contributed by atoms with Gasteiger partial charge in [0.1, 0.15) is 11.6 Å². The number of carbonyl (C=O) groups excluding carboxylic acids is 1. The standard InChI is InChI=1S/C12H12BrF3O3/c1-2-18-11(17)4-7-3-8(6-13)9(14)5-10(7)19-12(15)16/h3,5,12H,2,4,6H2,1H3. The summed E-state index contributed by atoms with van der Waals surface area (Å²) in [6.45, 7) is -1.28. The van der Waals surface area contributed by atoms with Gasteiger partial charge in [-0.25, -0.2) is 4.39 Å². The van der Waals surface area contributed by atoms with Crippen molar-refractivity contribution in [1.29, 1.82) is 0 Å². The lowest BCUT2D eigenvalue weighted by atomic mass is 10.1. The number of hydrogen-bond donors (Lipinski definition) is 0. The first kappa shape index (κ1) is 15.8. The van der Waals surface area contributed by atoms with Crippen molar-refractivity contribution in [3.63, 3.8) is 0 Å². The second kappa shape index (κ2) is 7.37. The Morgan fingerprint density at radius 2 is 2.05 bits per heavy atom. The van der Waals surface area contributed by atoms with E-state index in [1.54, 1.807) is 6.92 Å². The summed E-state index contributed by atoms with van der Waals surface area (Å²) in [5, 5.41) is 0.198. The third-order valence-electron chi connectivity index (χ3n) is 2.23. The molecule has 106 valence electrons. The number of esters is 1. The minimum absolute atomic E-state index is 0.162. The zero-order valence-electron chi connectivity index (χ0n) is 10.1. The molecule has 7 heteroatoms. The van der Waals surface area contributed by atoms with Gasteiger partial charge in [0.05, 0.1) is 13.0 Å². The fourth-order valence-electron chi connectivity index (χ4n) is 1.46. The zero-order chi connectivity index (χ0) is 14.4. The molecule has 0 aliphatic rings. The van der Waals surface area contributed by atoms with E-state index in [4.69, 9.17) is 4.74 Å². The second-order valence-corrected chi connectivity index (χ2v) is 4.11. The van der Waals surface area contributed by atoms with Gasteiger partial charge >= 0.3 is 12.6 Å². The number of alkyl halides is 3. The first-order valence-electron chi connectivity index (χ1n) is 5.45. The van der Waals surface area contributed by atoms with Crippen LogP contribution in [0.3, 0.4) is 0 Å². The van der Waals surface area contributed by atoms with Gasteiger partial charge in [-0.3, -0.25) is 4.79 Å². The van der Waals surface area contributed by atoms with Crippen molar-refractivity contribution < 1.29 is 27.4 Å². The number of carbonyl (C=O) groups is 1. The van der Waals surface area contributed by atoms with Gasteiger partial charge in [0.2, 0.25) is 0 Å². The van der Waals surface area contributed by atoms with E-state index in [2.05, 4.69) is 20.7 Å². The van der Waals surface area contributed by atoms with Crippen molar-refractivity contribution in [2.24, 2.45) is 0 Å². The molecule has 0 radical (unpaired) electrons. The molecule has 0 N–H and O–H groups in total. The number of hydrogen-bond acceptors (Lipinski definition) is 3. The highest BCUT2D eigenvalue weighted by atomic mass is 79.9. The van der Waals surface area contributed by atoms with Gasteiger partial charge in [0.15, 0.2) is 0 Å². The third kappa shape index (κ3) is 4.74. The van der Waals surface area contributed by atoms with E-state index in [0.29, 0.717) is 0 Å². The first-order chi connectivity index (χ1) is 8.97. The summed E-state index contributed by atoms with van der Waals surface area (Å²) in [6, 6.07) is 2.15. The monoisotopic (exact) mass is 340 g/mol. The van der Waals surface area contributed by atoms with Gasteiger partial charge in [-0.1, -0.05) is 15.9 Å². The van der Waals surface area contributed by atoms with Crippen LogP contribution >= 0.6 is 15.9 Å². The zero-order valence-corrected chi connectivity index (χ0v) is 11.7. The molecule has 0 saturated carbocycles. The second-order valence-electron chi connectivity index (χ2n) is 3.55. The highest BCUT2D eigenvalue weighted by Gasteiger charge is 2.17. The van der Waals surface area contributed by atoms with Crippen molar-refractivity contribution in [2.45, 2.75) is 25.3 Å². The van der Waals surface area contributed by atoms with E-state index in [9.17, 15) is 18.0 Å². The van der Waals surface area contributed by atoms with Gasteiger partial charge in [0, 0.05) is 17.0 Å². The lowest BCUT2D eigenvalue weighted by molar-refractivity contribution is -0.142. The maximum Gasteiger partial charge on any atom is 0.387 e. The number of ether oxygens (including phenoxy) is 2. The molecule has 0 amide bonds. The SMILES string of the molecule is CCOC(=O)Cc1cc(CBr)c(F)cc1OC(F)F. The number of rotatable bonds is 6. The van der Waals surface area contributed by atoms with Crippen LogP contribution in [0.15, 0.2) is 12.1 Å². The highest BCUT2D eigenvalue weighted by molar-refractivity contribution is 9.08.